The van der Waals surface area contributed by atoms with Crippen LogP contribution in [0.15, 0.2) is 22.7 Å². The van der Waals surface area contributed by atoms with Gasteiger partial charge in [-0.25, -0.2) is 0 Å². The smallest absolute Gasteiger partial charge is 0.283 e. The van der Waals surface area contributed by atoms with Crippen molar-refractivity contribution in [2.45, 2.75) is 19.3 Å². The van der Waals surface area contributed by atoms with E-state index in [-0.39, 0.29) is 17.7 Å². The molecule has 0 amide bonds. The second kappa shape index (κ2) is 4.14. The van der Waals surface area contributed by atoms with E-state index in [4.69, 9.17) is 0 Å². The minimum atomic E-state index is -0.397. The zero-order valence-electron chi connectivity index (χ0n) is 8.65. The van der Waals surface area contributed by atoms with Crippen LogP contribution < -0.4 is 0 Å². The fourth-order valence-electron chi connectivity index (χ4n) is 1.82. The molecule has 86 valence electrons. The summed E-state index contributed by atoms with van der Waals surface area (Å²) in [6.45, 7) is 0.155. The Morgan fingerprint density at radius 3 is 2.69 bits per heavy atom. The third kappa shape index (κ3) is 2.10. The number of nitro groups is 1. The van der Waals surface area contributed by atoms with Crippen molar-refractivity contribution >= 4 is 21.6 Å². The first-order valence-electron chi connectivity index (χ1n) is 5.11. The van der Waals surface area contributed by atoms with E-state index in [2.05, 4.69) is 15.9 Å². The molecular formula is C11H12BrNO3. The number of aliphatic hydroxyl groups excluding tert-OH is 1. The average molecular weight is 286 g/mol. The highest BCUT2D eigenvalue weighted by atomic mass is 79.9. The fraction of sp³-hybridized carbons (Fsp3) is 0.455. The van der Waals surface area contributed by atoms with Gasteiger partial charge in [0.2, 0.25) is 0 Å². The molecular weight excluding hydrogens is 274 g/mol. The Kier molecular flexibility index (Phi) is 2.99. The summed E-state index contributed by atoms with van der Waals surface area (Å²) in [4.78, 5) is 10.4. The van der Waals surface area contributed by atoms with Gasteiger partial charge in [0, 0.05) is 12.7 Å². The van der Waals surface area contributed by atoms with Crippen LogP contribution in [0, 0.1) is 15.5 Å². The van der Waals surface area contributed by atoms with E-state index in [1.54, 1.807) is 6.07 Å². The molecule has 1 aromatic carbocycles. The lowest BCUT2D eigenvalue weighted by Crippen LogP contribution is -2.10. The Morgan fingerprint density at radius 1 is 1.50 bits per heavy atom. The summed E-state index contributed by atoms with van der Waals surface area (Å²) in [5, 5.41) is 20.0. The summed E-state index contributed by atoms with van der Waals surface area (Å²) in [6.07, 6.45) is 2.70. The number of hydrogen-bond acceptors (Lipinski definition) is 3. The molecule has 1 fully saturated rings. The molecule has 5 heteroatoms. The number of nitro benzene ring substituents is 1. The predicted molar refractivity (Wildman–Crippen MR) is 63.3 cm³/mol. The van der Waals surface area contributed by atoms with Gasteiger partial charge in [0.15, 0.2) is 0 Å². The van der Waals surface area contributed by atoms with Crippen LogP contribution in [0.1, 0.15) is 18.4 Å². The van der Waals surface area contributed by atoms with E-state index >= 15 is 0 Å². The second-order valence-corrected chi connectivity index (χ2v) is 5.14. The summed E-state index contributed by atoms with van der Waals surface area (Å²) in [6, 6.07) is 5.03. The molecule has 0 heterocycles. The van der Waals surface area contributed by atoms with Crippen molar-refractivity contribution < 1.29 is 10.0 Å². The maximum absolute atomic E-state index is 10.8. The molecule has 0 spiro atoms. The Morgan fingerprint density at radius 2 is 2.19 bits per heavy atom. The monoisotopic (exact) mass is 285 g/mol. The number of hydrogen-bond donors (Lipinski definition) is 1. The minimum absolute atomic E-state index is 0.0300. The van der Waals surface area contributed by atoms with Gasteiger partial charge < -0.3 is 5.11 Å². The minimum Gasteiger partial charge on any atom is -0.396 e. The van der Waals surface area contributed by atoms with Crippen molar-refractivity contribution in [1.29, 1.82) is 0 Å². The van der Waals surface area contributed by atoms with Crippen molar-refractivity contribution in [3.05, 3.63) is 38.3 Å². The summed E-state index contributed by atoms with van der Waals surface area (Å²) >= 11 is 3.27. The average Bonchev–Trinajstić information content (AvgIpc) is 3.01. The molecule has 0 bridgehead atoms. The van der Waals surface area contributed by atoms with Gasteiger partial charge in [-0.15, -0.1) is 0 Å². The fourth-order valence-corrected chi connectivity index (χ4v) is 2.36. The molecule has 0 aromatic heterocycles. The van der Waals surface area contributed by atoms with E-state index in [0.717, 1.165) is 18.4 Å². The molecule has 1 aliphatic carbocycles. The zero-order chi connectivity index (χ0) is 11.8. The van der Waals surface area contributed by atoms with E-state index in [1.807, 2.05) is 6.07 Å². The van der Waals surface area contributed by atoms with Crippen LogP contribution in [0.2, 0.25) is 0 Å². The SMILES string of the molecule is O=[N+]([O-])c1cccc(CC2(CO)CC2)c1Br. The van der Waals surface area contributed by atoms with Crippen LogP contribution >= 0.6 is 15.9 Å². The third-order valence-electron chi connectivity index (χ3n) is 3.11. The lowest BCUT2D eigenvalue weighted by atomic mass is 9.97. The van der Waals surface area contributed by atoms with Crippen LogP contribution in [0.3, 0.4) is 0 Å². The van der Waals surface area contributed by atoms with Crippen molar-refractivity contribution in [2.24, 2.45) is 5.41 Å². The van der Waals surface area contributed by atoms with Gasteiger partial charge in [-0.2, -0.15) is 0 Å². The Bertz CT molecular complexity index is 429. The molecule has 0 atom stereocenters. The van der Waals surface area contributed by atoms with Crippen molar-refractivity contribution in [1.82, 2.24) is 0 Å². The number of halogens is 1. The van der Waals surface area contributed by atoms with Crippen LogP contribution in [-0.4, -0.2) is 16.6 Å². The summed E-state index contributed by atoms with van der Waals surface area (Å²) in [5.74, 6) is 0. The van der Waals surface area contributed by atoms with E-state index in [0.29, 0.717) is 10.9 Å². The van der Waals surface area contributed by atoms with Crippen LogP contribution in [0.4, 0.5) is 5.69 Å². The third-order valence-corrected chi connectivity index (χ3v) is 4.03. The zero-order valence-corrected chi connectivity index (χ0v) is 10.2. The molecule has 1 saturated carbocycles. The van der Waals surface area contributed by atoms with E-state index in [1.165, 1.54) is 6.07 Å². The van der Waals surface area contributed by atoms with Crippen molar-refractivity contribution in [3.63, 3.8) is 0 Å². The topological polar surface area (TPSA) is 63.4 Å². The maximum atomic E-state index is 10.8. The first-order chi connectivity index (χ1) is 7.58. The highest BCUT2D eigenvalue weighted by Gasteiger charge is 2.42. The quantitative estimate of drug-likeness (QED) is 0.683. The maximum Gasteiger partial charge on any atom is 0.283 e. The summed E-state index contributed by atoms with van der Waals surface area (Å²) < 4.78 is 0.541. The highest BCUT2D eigenvalue weighted by Crippen LogP contribution is 2.49. The molecule has 1 aliphatic rings. The standard InChI is InChI=1S/C11H12BrNO3/c12-10-8(6-11(7-14)4-5-11)2-1-3-9(10)13(15)16/h1-3,14H,4-7H2. The first kappa shape index (κ1) is 11.5. The van der Waals surface area contributed by atoms with Crippen LogP contribution in [0.25, 0.3) is 0 Å². The van der Waals surface area contributed by atoms with Gasteiger partial charge >= 0.3 is 0 Å². The molecule has 0 saturated heterocycles. The van der Waals surface area contributed by atoms with Gasteiger partial charge in [0.25, 0.3) is 5.69 Å². The lowest BCUT2D eigenvalue weighted by molar-refractivity contribution is -0.385. The van der Waals surface area contributed by atoms with E-state index < -0.39 is 4.92 Å². The summed E-state index contributed by atoms with van der Waals surface area (Å²) in [7, 11) is 0. The van der Waals surface area contributed by atoms with Crippen molar-refractivity contribution in [2.75, 3.05) is 6.61 Å². The number of benzene rings is 1. The Hall–Kier alpha value is -0.940. The van der Waals surface area contributed by atoms with Crippen LogP contribution in [0.5, 0.6) is 0 Å². The molecule has 2 rings (SSSR count). The van der Waals surface area contributed by atoms with Gasteiger partial charge in [-0.3, -0.25) is 10.1 Å². The summed E-state index contributed by atoms with van der Waals surface area (Å²) in [5.41, 5.74) is 0.963. The second-order valence-electron chi connectivity index (χ2n) is 4.34. The normalized spacial score (nSPS) is 17.1. The van der Waals surface area contributed by atoms with Crippen LogP contribution in [-0.2, 0) is 6.42 Å². The van der Waals surface area contributed by atoms with E-state index in [9.17, 15) is 15.2 Å². The number of nitrogens with zero attached hydrogens (tertiary/aromatic N) is 1. The van der Waals surface area contributed by atoms with Gasteiger partial charge in [-0.05, 0) is 46.2 Å². The molecule has 16 heavy (non-hydrogen) atoms. The highest BCUT2D eigenvalue weighted by molar-refractivity contribution is 9.10. The largest absolute Gasteiger partial charge is 0.396 e. The number of aliphatic hydroxyl groups is 1. The number of rotatable bonds is 4. The first-order valence-corrected chi connectivity index (χ1v) is 5.90. The molecule has 0 radical (unpaired) electrons. The molecule has 1 N–H and O–H groups in total. The lowest BCUT2D eigenvalue weighted by Gasteiger charge is -2.12. The Balaban J connectivity index is 2.28. The predicted octanol–water partition coefficient (Wildman–Crippen LogP) is 2.67. The molecule has 0 aliphatic heterocycles. The molecule has 0 unspecified atom stereocenters. The Labute approximate surface area is 102 Å². The molecule has 4 nitrogen and oxygen atoms in total. The van der Waals surface area contributed by atoms with Gasteiger partial charge in [-0.1, -0.05) is 12.1 Å². The van der Waals surface area contributed by atoms with Gasteiger partial charge in [0.1, 0.15) is 0 Å². The molecule has 1 aromatic rings. The van der Waals surface area contributed by atoms with Crippen molar-refractivity contribution in [3.8, 4) is 0 Å². The van der Waals surface area contributed by atoms with Gasteiger partial charge in [0.05, 0.1) is 9.40 Å².